The molecule has 0 radical (unpaired) electrons. The second kappa shape index (κ2) is 7.35. The van der Waals surface area contributed by atoms with Gasteiger partial charge in [0.25, 0.3) is 0 Å². The Hall–Kier alpha value is -0.760. The summed E-state index contributed by atoms with van der Waals surface area (Å²) in [4.78, 5) is 1.17. The molecule has 0 atom stereocenters. The van der Waals surface area contributed by atoms with Gasteiger partial charge in [0.15, 0.2) is 0 Å². The van der Waals surface area contributed by atoms with Crippen molar-refractivity contribution < 1.29 is 0 Å². The van der Waals surface area contributed by atoms with Crippen LogP contribution in [0.25, 0.3) is 0 Å². The molecule has 0 rings (SSSR count). The van der Waals surface area contributed by atoms with E-state index in [1.54, 1.807) is 12.3 Å². The summed E-state index contributed by atoms with van der Waals surface area (Å²) in [6.07, 6.45) is 9.36. The molecule has 0 aromatic heterocycles. The highest BCUT2D eigenvalue weighted by atomic mass is 32.2. The van der Waals surface area contributed by atoms with Gasteiger partial charge in [-0.1, -0.05) is 30.9 Å². The van der Waals surface area contributed by atoms with Gasteiger partial charge in [-0.3, -0.25) is 0 Å². The second-order valence-corrected chi connectivity index (χ2v) is 2.89. The van der Waals surface area contributed by atoms with Crippen LogP contribution in [0.3, 0.4) is 0 Å². The van der Waals surface area contributed by atoms with Crippen molar-refractivity contribution in [1.82, 2.24) is 0 Å². The van der Waals surface area contributed by atoms with Crippen molar-refractivity contribution in [2.45, 2.75) is 13.8 Å². The minimum Gasteiger partial charge on any atom is -0.224 e. The normalized spacial score (nSPS) is 13.1. The van der Waals surface area contributed by atoms with Crippen molar-refractivity contribution in [2.24, 2.45) is 4.40 Å². The summed E-state index contributed by atoms with van der Waals surface area (Å²) < 4.78 is 4.01. The molecule has 0 N–H and O–H groups in total. The lowest BCUT2D eigenvalue weighted by molar-refractivity contribution is 1.66. The molecule has 0 spiro atoms. The van der Waals surface area contributed by atoms with Crippen LogP contribution in [0.15, 0.2) is 40.2 Å². The predicted molar refractivity (Wildman–Crippen MR) is 54.9 cm³/mol. The Morgan fingerprint density at radius 1 is 1.45 bits per heavy atom. The molecule has 0 aliphatic rings. The third-order valence-electron chi connectivity index (χ3n) is 0.880. The van der Waals surface area contributed by atoms with Crippen molar-refractivity contribution in [3.63, 3.8) is 0 Å². The lowest BCUT2D eigenvalue weighted by Gasteiger charge is -1.88. The fourth-order valence-electron chi connectivity index (χ4n) is 0.436. The molecule has 0 bridgehead atoms. The van der Waals surface area contributed by atoms with E-state index in [1.165, 1.54) is 16.9 Å². The van der Waals surface area contributed by atoms with Gasteiger partial charge in [0.05, 0.1) is 0 Å². The molecule has 0 saturated heterocycles. The molecule has 0 amide bonds. The highest BCUT2D eigenvalue weighted by Gasteiger charge is 1.81. The Kier molecular flexibility index (Phi) is 6.84. The highest BCUT2D eigenvalue weighted by Crippen LogP contribution is 2.14. The van der Waals surface area contributed by atoms with Crippen molar-refractivity contribution in [2.75, 3.05) is 0 Å². The number of hydrogen-bond donors (Lipinski definition) is 0. The third kappa shape index (κ3) is 7.13. The van der Waals surface area contributed by atoms with Gasteiger partial charge in [-0.25, -0.2) is 4.40 Å². The first-order chi connectivity index (χ1) is 5.31. The fourth-order valence-corrected chi connectivity index (χ4v) is 0.847. The van der Waals surface area contributed by atoms with Gasteiger partial charge < -0.3 is 0 Å². The molecule has 0 aliphatic heterocycles. The Balaban J connectivity index is 3.80. The Morgan fingerprint density at radius 3 is 2.73 bits per heavy atom. The first-order valence-electron chi connectivity index (χ1n) is 3.42. The van der Waals surface area contributed by atoms with Gasteiger partial charge in [0, 0.05) is 23.1 Å². The van der Waals surface area contributed by atoms with E-state index in [-0.39, 0.29) is 0 Å². The van der Waals surface area contributed by atoms with Crippen molar-refractivity contribution in [1.29, 1.82) is 0 Å². The van der Waals surface area contributed by atoms with Crippen LogP contribution in [0.1, 0.15) is 13.8 Å². The van der Waals surface area contributed by atoms with Crippen LogP contribution in [0, 0.1) is 0 Å². The monoisotopic (exact) mass is 167 g/mol. The van der Waals surface area contributed by atoms with Gasteiger partial charge in [0.1, 0.15) is 0 Å². The quantitative estimate of drug-likeness (QED) is 0.355. The van der Waals surface area contributed by atoms with E-state index in [2.05, 4.69) is 11.0 Å². The Morgan fingerprint density at radius 2 is 2.18 bits per heavy atom. The van der Waals surface area contributed by atoms with Crippen LogP contribution in [0.2, 0.25) is 0 Å². The van der Waals surface area contributed by atoms with E-state index < -0.39 is 0 Å². The SMILES string of the molecule is C=C/C=C\C=C(/C)S/N=C\C. The third-order valence-corrected chi connectivity index (χ3v) is 1.62. The van der Waals surface area contributed by atoms with Crippen LogP contribution in [-0.2, 0) is 0 Å². The van der Waals surface area contributed by atoms with E-state index in [1.807, 2.05) is 32.1 Å². The highest BCUT2D eigenvalue weighted by molar-refractivity contribution is 8.01. The molecular weight excluding hydrogens is 154 g/mol. The van der Waals surface area contributed by atoms with E-state index in [4.69, 9.17) is 0 Å². The smallest absolute Gasteiger partial charge is 0.00988 e. The zero-order valence-corrected chi connectivity index (χ0v) is 7.77. The Labute approximate surface area is 72.7 Å². The number of hydrogen-bond acceptors (Lipinski definition) is 2. The fraction of sp³-hybridized carbons (Fsp3) is 0.222. The minimum atomic E-state index is 1.17. The van der Waals surface area contributed by atoms with Crippen LogP contribution < -0.4 is 0 Å². The second-order valence-electron chi connectivity index (χ2n) is 1.85. The molecule has 2 heteroatoms. The van der Waals surface area contributed by atoms with Crippen LogP contribution in [0.5, 0.6) is 0 Å². The average molecular weight is 167 g/mol. The topological polar surface area (TPSA) is 12.4 Å². The summed E-state index contributed by atoms with van der Waals surface area (Å²) in [7, 11) is 0. The van der Waals surface area contributed by atoms with Gasteiger partial charge >= 0.3 is 0 Å². The van der Waals surface area contributed by atoms with Crippen LogP contribution >= 0.6 is 11.9 Å². The molecule has 0 aromatic carbocycles. The summed E-state index contributed by atoms with van der Waals surface area (Å²) in [6, 6.07) is 0. The maximum absolute atomic E-state index is 4.01. The molecule has 0 unspecified atom stereocenters. The summed E-state index contributed by atoms with van der Waals surface area (Å²) in [6.45, 7) is 7.49. The van der Waals surface area contributed by atoms with Crippen molar-refractivity contribution in [3.8, 4) is 0 Å². The first kappa shape index (κ1) is 10.2. The van der Waals surface area contributed by atoms with E-state index in [0.717, 1.165) is 0 Å². The molecule has 0 fully saturated rings. The minimum absolute atomic E-state index is 1.17. The van der Waals surface area contributed by atoms with Crippen LogP contribution in [0.4, 0.5) is 0 Å². The summed E-state index contributed by atoms with van der Waals surface area (Å²) in [5, 5.41) is 0. The Bertz CT molecular complexity index is 190. The molecule has 0 saturated carbocycles. The van der Waals surface area contributed by atoms with E-state index >= 15 is 0 Å². The van der Waals surface area contributed by atoms with Gasteiger partial charge in [-0.15, -0.1) is 0 Å². The zero-order valence-electron chi connectivity index (χ0n) is 6.95. The molecule has 1 nitrogen and oxygen atoms in total. The molecule has 0 heterocycles. The van der Waals surface area contributed by atoms with E-state index in [0.29, 0.717) is 0 Å². The van der Waals surface area contributed by atoms with Gasteiger partial charge in [-0.2, -0.15) is 0 Å². The summed E-state index contributed by atoms with van der Waals surface area (Å²) in [5.74, 6) is 0. The lowest BCUT2D eigenvalue weighted by atomic mass is 10.4. The van der Waals surface area contributed by atoms with Crippen LogP contribution in [-0.4, -0.2) is 6.21 Å². The number of nitrogens with zero attached hydrogens (tertiary/aromatic N) is 1. The zero-order chi connectivity index (χ0) is 8.53. The standard InChI is InChI=1S/C9H13NS/c1-4-6-7-8-9(3)11-10-5-2/h4-8H,1H2,2-3H3/b7-6-,9-8+,10-5-. The van der Waals surface area contributed by atoms with E-state index in [9.17, 15) is 0 Å². The van der Waals surface area contributed by atoms with Gasteiger partial charge in [0.2, 0.25) is 0 Å². The van der Waals surface area contributed by atoms with Gasteiger partial charge in [-0.05, 0) is 13.8 Å². The largest absolute Gasteiger partial charge is 0.224 e. The molecule has 0 aliphatic carbocycles. The summed E-state index contributed by atoms with van der Waals surface area (Å²) >= 11 is 1.47. The molecular formula is C9H13NS. The van der Waals surface area contributed by atoms with Crippen molar-refractivity contribution in [3.05, 3.63) is 35.8 Å². The lowest BCUT2D eigenvalue weighted by Crippen LogP contribution is -1.62. The first-order valence-corrected chi connectivity index (χ1v) is 4.19. The number of rotatable bonds is 4. The molecule has 11 heavy (non-hydrogen) atoms. The van der Waals surface area contributed by atoms with Crippen molar-refractivity contribution >= 4 is 18.2 Å². The number of allylic oxidation sites excluding steroid dienone is 5. The molecule has 60 valence electrons. The maximum Gasteiger partial charge on any atom is 0.00988 e. The predicted octanol–water partition coefficient (Wildman–Crippen LogP) is 3.37. The maximum atomic E-state index is 4.01. The average Bonchev–Trinajstić information content (AvgIpc) is 2.01. The summed E-state index contributed by atoms with van der Waals surface area (Å²) in [5.41, 5.74) is 0. The molecule has 0 aromatic rings.